The standard InChI is InChI=1S/C12H25N/c1-4-5-6-7-12(13)9-8-11(2,3)10-12/h4-10,13H2,1-3H3. The molecule has 78 valence electrons. The smallest absolute Gasteiger partial charge is 0.0159 e. The number of rotatable bonds is 4. The summed E-state index contributed by atoms with van der Waals surface area (Å²) in [4.78, 5) is 0. The van der Waals surface area contributed by atoms with Crippen molar-refractivity contribution < 1.29 is 0 Å². The van der Waals surface area contributed by atoms with Crippen LogP contribution in [0, 0.1) is 5.41 Å². The Kier molecular flexibility index (Phi) is 3.39. The normalized spacial score (nSPS) is 32.3. The first-order valence-electron chi connectivity index (χ1n) is 5.76. The number of hydrogen-bond acceptors (Lipinski definition) is 1. The topological polar surface area (TPSA) is 26.0 Å². The first-order valence-corrected chi connectivity index (χ1v) is 5.76. The highest BCUT2D eigenvalue weighted by atomic mass is 14.8. The van der Waals surface area contributed by atoms with Crippen LogP contribution in [-0.2, 0) is 0 Å². The van der Waals surface area contributed by atoms with Gasteiger partial charge in [0.1, 0.15) is 0 Å². The minimum atomic E-state index is 0.179. The molecule has 0 saturated heterocycles. The largest absolute Gasteiger partial charge is 0.325 e. The van der Waals surface area contributed by atoms with Gasteiger partial charge in [-0.3, -0.25) is 0 Å². The van der Waals surface area contributed by atoms with Gasteiger partial charge in [-0.2, -0.15) is 0 Å². The summed E-state index contributed by atoms with van der Waals surface area (Å²) in [6.07, 6.45) is 9.00. The average Bonchev–Trinajstić information content (AvgIpc) is 2.27. The van der Waals surface area contributed by atoms with Crippen molar-refractivity contribution in [2.75, 3.05) is 0 Å². The fraction of sp³-hybridized carbons (Fsp3) is 1.00. The van der Waals surface area contributed by atoms with E-state index in [4.69, 9.17) is 5.73 Å². The van der Waals surface area contributed by atoms with Gasteiger partial charge in [0.05, 0.1) is 0 Å². The monoisotopic (exact) mass is 183 g/mol. The first kappa shape index (κ1) is 11.0. The van der Waals surface area contributed by atoms with E-state index in [1.165, 1.54) is 44.9 Å². The molecule has 0 radical (unpaired) electrons. The Balaban J connectivity index is 2.32. The Morgan fingerprint density at radius 1 is 1.15 bits per heavy atom. The Bertz CT molecular complexity index is 163. The maximum absolute atomic E-state index is 6.38. The van der Waals surface area contributed by atoms with Gasteiger partial charge in [0, 0.05) is 5.54 Å². The van der Waals surface area contributed by atoms with E-state index >= 15 is 0 Å². The van der Waals surface area contributed by atoms with Crippen molar-refractivity contribution in [3.05, 3.63) is 0 Å². The van der Waals surface area contributed by atoms with Crippen LogP contribution in [0.1, 0.15) is 65.7 Å². The van der Waals surface area contributed by atoms with Crippen molar-refractivity contribution in [2.45, 2.75) is 71.3 Å². The van der Waals surface area contributed by atoms with Crippen molar-refractivity contribution in [3.63, 3.8) is 0 Å². The van der Waals surface area contributed by atoms with E-state index in [0.29, 0.717) is 5.41 Å². The Morgan fingerprint density at radius 3 is 2.31 bits per heavy atom. The third-order valence-electron chi connectivity index (χ3n) is 3.41. The summed E-state index contributed by atoms with van der Waals surface area (Å²) in [5.74, 6) is 0. The van der Waals surface area contributed by atoms with E-state index in [1.54, 1.807) is 0 Å². The zero-order chi connectivity index (χ0) is 9.95. The SMILES string of the molecule is CCCCCC1(N)CCC(C)(C)C1. The molecule has 0 aliphatic heterocycles. The van der Waals surface area contributed by atoms with E-state index in [1.807, 2.05) is 0 Å². The summed E-state index contributed by atoms with van der Waals surface area (Å²) < 4.78 is 0. The van der Waals surface area contributed by atoms with Crippen LogP contribution in [0.25, 0.3) is 0 Å². The molecule has 0 heterocycles. The second kappa shape index (κ2) is 4.00. The molecule has 1 fully saturated rings. The molecule has 1 rings (SSSR count). The summed E-state index contributed by atoms with van der Waals surface area (Å²) >= 11 is 0. The van der Waals surface area contributed by atoms with Crippen LogP contribution in [0.5, 0.6) is 0 Å². The maximum atomic E-state index is 6.38. The van der Waals surface area contributed by atoms with Gasteiger partial charge in [-0.1, -0.05) is 40.0 Å². The zero-order valence-electron chi connectivity index (χ0n) is 9.53. The van der Waals surface area contributed by atoms with Crippen LogP contribution in [0.3, 0.4) is 0 Å². The van der Waals surface area contributed by atoms with E-state index < -0.39 is 0 Å². The summed E-state index contributed by atoms with van der Waals surface area (Å²) in [5.41, 5.74) is 7.06. The molecule has 0 aromatic carbocycles. The quantitative estimate of drug-likeness (QED) is 0.663. The third kappa shape index (κ3) is 3.30. The molecule has 1 heteroatoms. The molecule has 1 unspecified atom stereocenters. The molecular formula is C12H25N. The van der Waals surface area contributed by atoms with E-state index in [9.17, 15) is 0 Å². The lowest BCUT2D eigenvalue weighted by atomic mass is 9.85. The fourth-order valence-electron chi connectivity index (χ4n) is 2.66. The van der Waals surface area contributed by atoms with E-state index in [-0.39, 0.29) is 5.54 Å². The van der Waals surface area contributed by atoms with Gasteiger partial charge in [-0.15, -0.1) is 0 Å². The predicted molar refractivity (Wildman–Crippen MR) is 58.7 cm³/mol. The lowest BCUT2D eigenvalue weighted by molar-refractivity contribution is 0.317. The summed E-state index contributed by atoms with van der Waals surface area (Å²) in [6.45, 7) is 6.95. The molecule has 0 amide bonds. The van der Waals surface area contributed by atoms with Gasteiger partial charge in [0.2, 0.25) is 0 Å². The minimum Gasteiger partial charge on any atom is -0.325 e. The predicted octanol–water partition coefficient (Wildman–Crippen LogP) is 3.47. The van der Waals surface area contributed by atoms with Crippen LogP contribution >= 0.6 is 0 Å². The molecule has 1 aliphatic rings. The van der Waals surface area contributed by atoms with Crippen LogP contribution in [0.15, 0.2) is 0 Å². The first-order chi connectivity index (χ1) is 5.97. The number of hydrogen-bond donors (Lipinski definition) is 1. The van der Waals surface area contributed by atoms with Gasteiger partial charge in [0.25, 0.3) is 0 Å². The van der Waals surface area contributed by atoms with Crippen molar-refractivity contribution in [3.8, 4) is 0 Å². The highest BCUT2D eigenvalue weighted by Crippen LogP contribution is 2.44. The lowest BCUT2D eigenvalue weighted by Crippen LogP contribution is -2.37. The van der Waals surface area contributed by atoms with Crippen molar-refractivity contribution in [2.24, 2.45) is 11.1 Å². The fourth-order valence-corrected chi connectivity index (χ4v) is 2.66. The number of nitrogens with two attached hydrogens (primary N) is 1. The van der Waals surface area contributed by atoms with Crippen LogP contribution < -0.4 is 5.73 Å². The minimum absolute atomic E-state index is 0.179. The van der Waals surface area contributed by atoms with Crippen molar-refractivity contribution in [1.82, 2.24) is 0 Å². The second-order valence-corrected chi connectivity index (χ2v) is 5.66. The lowest BCUT2D eigenvalue weighted by Gasteiger charge is -2.26. The van der Waals surface area contributed by atoms with Crippen molar-refractivity contribution in [1.29, 1.82) is 0 Å². The molecule has 1 nitrogen and oxygen atoms in total. The van der Waals surface area contributed by atoms with Crippen LogP contribution in [-0.4, -0.2) is 5.54 Å². The average molecular weight is 183 g/mol. The molecule has 0 aromatic rings. The molecule has 2 N–H and O–H groups in total. The molecule has 0 aromatic heterocycles. The molecule has 1 aliphatic carbocycles. The third-order valence-corrected chi connectivity index (χ3v) is 3.41. The van der Waals surface area contributed by atoms with E-state index in [2.05, 4.69) is 20.8 Å². The van der Waals surface area contributed by atoms with Crippen LogP contribution in [0.2, 0.25) is 0 Å². The molecular weight excluding hydrogens is 158 g/mol. The van der Waals surface area contributed by atoms with E-state index in [0.717, 1.165) is 0 Å². The highest BCUT2D eigenvalue weighted by molar-refractivity contribution is 4.97. The van der Waals surface area contributed by atoms with Gasteiger partial charge >= 0.3 is 0 Å². The maximum Gasteiger partial charge on any atom is 0.0159 e. The van der Waals surface area contributed by atoms with Gasteiger partial charge in [0.15, 0.2) is 0 Å². The zero-order valence-corrected chi connectivity index (χ0v) is 9.53. The summed E-state index contributed by atoms with van der Waals surface area (Å²) in [7, 11) is 0. The summed E-state index contributed by atoms with van der Waals surface area (Å²) in [5, 5.41) is 0. The van der Waals surface area contributed by atoms with Gasteiger partial charge in [-0.25, -0.2) is 0 Å². The highest BCUT2D eigenvalue weighted by Gasteiger charge is 2.39. The summed E-state index contributed by atoms with van der Waals surface area (Å²) in [6, 6.07) is 0. The van der Waals surface area contributed by atoms with Crippen LogP contribution in [0.4, 0.5) is 0 Å². The molecule has 13 heavy (non-hydrogen) atoms. The Labute approximate surface area is 83.1 Å². The Morgan fingerprint density at radius 2 is 1.85 bits per heavy atom. The number of unbranched alkanes of at least 4 members (excludes halogenated alkanes) is 2. The molecule has 0 spiro atoms. The second-order valence-electron chi connectivity index (χ2n) is 5.66. The van der Waals surface area contributed by atoms with Crippen molar-refractivity contribution >= 4 is 0 Å². The van der Waals surface area contributed by atoms with Gasteiger partial charge in [-0.05, 0) is 31.1 Å². The molecule has 1 atom stereocenters. The Hall–Kier alpha value is -0.0400. The molecule has 1 saturated carbocycles. The van der Waals surface area contributed by atoms with Gasteiger partial charge < -0.3 is 5.73 Å². The molecule has 0 bridgehead atoms.